The number of aliphatic hydroxyl groups is 1. The molecule has 0 aromatic heterocycles. The minimum Gasteiger partial charge on any atom is -0.389 e. The molecule has 2 N–H and O–H groups in total. The van der Waals surface area contributed by atoms with E-state index in [1.165, 1.54) is 26.2 Å². The van der Waals surface area contributed by atoms with Crippen molar-refractivity contribution in [1.29, 1.82) is 0 Å². The van der Waals surface area contributed by atoms with Gasteiger partial charge >= 0.3 is 0 Å². The van der Waals surface area contributed by atoms with Gasteiger partial charge in [-0.2, -0.15) is 0 Å². The SMILES string of the molecule is CC(C)(O)CN1CCN(CCN2CCNCC2)CC1. The van der Waals surface area contributed by atoms with E-state index in [4.69, 9.17) is 0 Å². The van der Waals surface area contributed by atoms with Crippen LogP contribution >= 0.6 is 0 Å². The van der Waals surface area contributed by atoms with Crippen LogP contribution in [0.5, 0.6) is 0 Å². The third kappa shape index (κ3) is 5.75. The summed E-state index contributed by atoms with van der Waals surface area (Å²) in [6, 6.07) is 0. The number of hydrogen-bond acceptors (Lipinski definition) is 5. The lowest BCUT2D eigenvalue weighted by molar-refractivity contribution is 0.0165. The summed E-state index contributed by atoms with van der Waals surface area (Å²) >= 11 is 0. The van der Waals surface area contributed by atoms with Gasteiger partial charge in [0.25, 0.3) is 0 Å². The second-order valence-corrected chi connectivity index (χ2v) is 6.52. The molecule has 0 saturated carbocycles. The summed E-state index contributed by atoms with van der Waals surface area (Å²) in [4.78, 5) is 7.49. The van der Waals surface area contributed by atoms with Gasteiger partial charge in [0.15, 0.2) is 0 Å². The first-order valence-electron chi connectivity index (χ1n) is 7.63. The highest BCUT2D eigenvalue weighted by Crippen LogP contribution is 2.08. The van der Waals surface area contributed by atoms with Crippen molar-refractivity contribution in [3.05, 3.63) is 0 Å². The second kappa shape index (κ2) is 6.99. The van der Waals surface area contributed by atoms with Crippen molar-refractivity contribution in [3.8, 4) is 0 Å². The van der Waals surface area contributed by atoms with E-state index >= 15 is 0 Å². The van der Waals surface area contributed by atoms with Gasteiger partial charge in [-0.3, -0.25) is 14.7 Å². The maximum absolute atomic E-state index is 9.84. The fourth-order valence-corrected chi connectivity index (χ4v) is 2.94. The van der Waals surface area contributed by atoms with Crippen LogP contribution in [0.25, 0.3) is 0 Å². The van der Waals surface area contributed by atoms with Crippen LogP contribution in [-0.2, 0) is 0 Å². The minimum atomic E-state index is -0.566. The van der Waals surface area contributed by atoms with Gasteiger partial charge in [-0.25, -0.2) is 0 Å². The Balaban J connectivity index is 1.60. The molecular formula is C14H30N4O. The maximum atomic E-state index is 9.84. The molecule has 0 bridgehead atoms. The molecule has 0 aromatic carbocycles. The lowest BCUT2D eigenvalue weighted by Crippen LogP contribution is -2.52. The molecule has 0 aliphatic carbocycles. The Hall–Kier alpha value is -0.200. The van der Waals surface area contributed by atoms with E-state index in [1.807, 2.05) is 13.8 Å². The van der Waals surface area contributed by atoms with E-state index in [9.17, 15) is 5.11 Å². The number of nitrogens with one attached hydrogen (secondary N) is 1. The van der Waals surface area contributed by atoms with Crippen LogP contribution in [0.15, 0.2) is 0 Å². The molecule has 0 aromatic rings. The van der Waals surface area contributed by atoms with Crippen molar-refractivity contribution in [2.24, 2.45) is 0 Å². The number of hydrogen-bond donors (Lipinski definition) is 2. The van der Waals surface area contributed by atoms with Gasteiger partial charge in [0.05, 0.1) is 5.60 Å². The van der Waals surface area contributed by atoms with Crippen LogP contribution in [-0.4, -0.2) is 97.4 Å². The van der Waals surface area contributed by atoms with Crippen molar-refractivity contribution in [3.63, 3.8) is 0 Å². The summed E-state index contributed by atoms with van der Waals surface area (Å²) in [6.45, 7) is 16.1. The third-order valence-corrected chi connectivity index (χ3v) is 4.02. The van der Waals surface area contributed by atoms with Gasteiger partial charge < -0.3 is 10.4 Å². The van der Waals surface area contributed by atoms with E-state index in [-0.39, 0.29) is 0 Å². The molecule has 2 aliphatic heterocycles. The first-order valence-corrected chi connectivity index (χ1v) is 7.63. The molecule has 2 saturated heterocycles. The number of rotatable bonds is 5. The Morgan fingerprint density at radius 2 is 1.32 bits per heavy atom. The molecule has 112 valence electrons. The number of β-amino-alcohol motifs (C(OH)–C–C–N with tert-alkyl or cyclic N) is 1. The molecule has 0 radical (unpaired) electrons. The van der Waals surface area contributed by atoms with Crippen LogP contribution < -0.4 is 5.32 Å². The van der Waals surface area contributed by atoms with Crippen molar-refractivity contribution >= 4 is 0 Å². The summed E-state index contributed by atoms with van der Waals surface area (Å²) in [5.41, 5.74) is -0.566. The average molecular weight is 270 g/mol. The zero-order valence-electron chi connectivity index (χ0n) is 12.6. The Labute approximate surface area is 117 Å². The Morgan fingerprint density at radius 1 is 0.842 bits per heavy atom. The highest BCUT2D eigenvalue weighted by molar-refractivity contribution is 4.78. The number of nitrogens with zero attached hydrogens (tertiary/aromatic N) is 3. The van der Waals surface area contributed by atoms with E-state index in [1.54, 1.807) is 0 Å². The smallest absolute Gasteiger partial charge is 0.0718 e. The van der Waals surface area contributed by atoms with Gasteiger partial charge in [-0.05, 0) is 13.8 Å². The van der Waals surface area contributed by atoms with Crippen LogP contribution in [0.3, 0.4) is 0 Å². The fourth-order valence-electron chi connectivity index (χ4n) is 2.94. The second-order valence-electron chi connectivity index (χ2n) is 6.52. The van der Waals surface area contributed by atoms with E-state index < -0.39 is 5.60 Å². The van der Waals surface area contributed by atoms with Crippen molar-refractivity contribution in [1.82, 2.24) is 20.0 Å². The van der Waals surface area contributed by atoms with Crippen LogP contribution in [0.4, 0.5) is 0 Å². The first-order chi connectivity index (χ1) is 9.03. The van der Waals surface area contributed by atoms with E-state index in [2.05, 4.69) is 20.0 Å². The van der Waals surface area contributed by atoms with Crippen molar-refractivity contribution < 1.29 is 5.11 Å². The molecule has 2 fully saturated rings. The summed E-state index contributed by atoms with van der Waals surface area (Å²) in [6.07, 6.45) is 0. The fraction of sp³-hybridized carbons (Fsp3) is 1.00. The predicted molar refractivity (Wildman–Crippen MR) is 78.5 cm³/mol. The standard InChI is InChI=1S/C14H30N4O/c1-14(2,19)13-18-11-9-17(10-12-18)8-7-16-5-3-15-4-6-16/h15,19H,3-13H2,1-2H3. The Morgan fingerprint density at radius 3 is 1.84 bits per heavy atom. The third-order valence-electron chi connectivity index (χ3n) is 4.02. The lowest BCUT2D eigenvalue weighted by Gasteiger charge is -2.38. The molecule has 2 aliphatic rings. The van der Waals surface area contributed by atoms with Gasteiger partial charge in [0.1, 0.15) is 0 Å². The first kappa shape index (κ1) is 15.2. The lowest BCUT2D eigenvalue weighted by atomic mass is 10.1. The summed E-state index contributed by atoms with van der Waals surface area (Å²) in [7, 11) is 0. The molecule has 5 nitrogen and oxygen atoms in total. The van der Waals surface area contributed by atoms with Crippen LogP contribution in [0, 0.1) is 0 Å². The molecule has 5 heteroatoms. The normalized spacial score (nSPS) is 24.8. The molecule has 0 amide bonds. The minimum absolute atomic E-state index is 0.566. The van der Waals surface area contributed by atoms with Crippen molar-refractivity contribution in [2.45, 2.75) is 19.4 Å². The number of piperazine rings is 2. The van der Waals surface area contributed by atoms with E-state index in [0.717, 1.165) is 45.8 Å². The maximum Gasteiger partial charge on any atom is 0.0718 e. The molecule has 0 atom stereocenters. The van der Waals surface area contributed by atoms with E-state index in [0.29, 0.717) is 0 Å². The zero-order valence-corrected chi connectivity index (χ0v) is 12.6. The van der Waals surface area contributed by atoms with Gasteiger partial charge in [0, 0.05) is 72.0 Å². The molecule has 19 heavy (non-hydrogen) atoms. The van der Waals surface area contributed by atoms with Gasteiger partial charge in [-0.15, -0.1) is 0 Å². The summed E-state index contributed by atoms with van der Waals surface area (Å²) in [5, 5.41) is 13.2. The molecule has 0 spiro atoms. The molecule has 2 rings (SSSR count). The van der Waals surface area contributed by atoms with Crippen LogP contribution in [0.1, 0.15) is 13.8 Å². The largest absolute Gasteiger partial charge is 0.389 e. The topological polar surface area (TPSA) is 42.0 Å². The monoisotopic (exact) mass is 270 g/mol. The van der Waals surface area contributed by atoms with Crippen LogP contribution in [0.2, 0.25) is 0 Å². The quantitative estimate of drug-likeness (QED) is 0.690. The average Bonchev–Trinajstić information content (AvgIpc) is 2.37. The van der Waals surface area contributed by atoms with Gasteiger partial charge in [0.2, 0.25) is 0 Å². The Kier molecular flexibility index (Phi) is 5.59. The Bertz CT molecular complexity index is 253. The molecule has 0 unspecified atom stereocenters. The molecular weight excluding hydrogens is 240 g/mol. The summed E-state index contributed by atoms with van der Waals surface area (Å²) < 4.78 is 0. The molecule has 2 heterocycles. The zero-order chi connectivity index (χ0) is 13.7. The highest BCUT2D eigenvalue weighted by atomic mass is 16.3. The summed E-state index contributed by atoms with van der Waals surface area (Å²) in [5.74, 6) is 0. The predicted octanol–water partition coefficient (Wildman–Crippen LogP) is -0.720. The van der Waals surface area contributed by atoms with Crippen molar-refractivity contribution in [2.75, 3.05) is 72.0 Å². The van der Waals surface area contributed by atoms with Gasteiger partial charge in [-0.1, -0.05) is 0 Å². The highest BCUT2D eigenvalue weighted by Gasteiger charge is 2.22.